The molecule has 0 spiro atoms. The zero-order chi connectivity index (χ0) is 19.6. The van der Waals surface area contributed by atoms with Crippen molar-refractivity contribution in [2.45, 2.75) is 12.8 Å². The molecule has 7 nitrogen and oxygen atoms in total. The lowest BCUT2D eigenvalue weighted by atomic mass is 10.1. The van der Waals surface area contributed by atoms with Crippen LogP contribution in [0, 0.1) is 0 Å². The Morgan fingerprint density at radius 3 is 2.44 bits per heavy atom. The lowest BCUT2D eigenvalue weighted by Crippen LogP contribution is -2.19. The van der Waals surface area contributed by atoms with Gasteiger partial charge in [-0.3, -0.25) is 13.9 Å². The second kappa shape index (κ2) is 7.57. The molecule has 1 N–H and O–H groups in total. The largest absolute Gasteiger partial charge is 0.497 e. The Balaban J connectivity index is 1.72. The lowest BCUT2D eigenvalue weighted by molar-refractivity contribution is -0.116. The van der Waals surface area contributed by atoms with Crippen LogP contribution in [0.1, 0.15) is 12.0 Å². The van der Waals surface area contributed by atoms with E-state index in [1.54, 1.807) is 49.6 Å². The van der Waals surface area contributed by atoms with E-state index in [-0.39, 0.29) is 11.6 Å². The molecule has 0 saturated heterocycles. The maximum absolute atomic E-state index is 12.4. The molecule has 7 heteroatoms. The van der Waals surface area contributed by atoms with Gasteiger partial charge >= 0.3 is 5.69 Å². The molecule has 0 fully saturated rings. The molecule has 0 atom stereocenters. The van der Waals surface area contributed by atoms with Gasteiger partial charge in [0.25, 0.3) is 0 Å². The zero-order valence-electron chi connectivity index (χ0n) is 15.9. The van der Waals surface area contributed by atoms with Crippen molar-refractivity contribution in [1.29, 1.82) is 0 Å². The summed E-state index contributed by atoms with van der Waals surface area (Å²) in [4.78, 5) is 24.4. The van der Waals surface area contributed by atoms with Gasteiger partial charge in [0.1, 0.15) is 11.5 Å². The molecule has 3 rings (SSSR count). The molecular weight excluding hydrogens is 346 g/mol. The summed E-state index contributed by atoms with van der Waals surface area (Å²) in [5.41, 5.74) is 3.06. The lowest BCUT2D eigenvalue weighted by Gasteiger charge is -2.11. The Bertz CT molecular complexity index is 1050. The zero-order valence-corrected chi connectivity index (χ0v) is 15.9. The van der Waals surface area contributed by atoms with Crippen LogP contribution < -0.4 is 20.5 Å². The van der Waals surface area contributed by atoms with Crippen LogP contribution in [0.3, 0.4) is 0 Å². The van der Waals surface area contributed by atoms with E-state index < -0.39 is 0 Å². The standard InChI is InChI=1S/C20H23N3O4/c1-22-16-8-6-14(12-17(16)23(2)20(22)25)21-19(24)10-5-13-11-15(26-3)7-9-18(13)27-4/h6-9,11-12H,5,10H2,1-4H3,(H,21,24). The first-order valence-electron chi connectivity index (χ1n) is 8.61. The molecule has 0 saturated carbocycles. The van der Waals surface area contributed by atoms with E-state index >= 15 is 0 Å². The van der Waals surface area contributed by atoms with E-state index in [0.717, 1.165) is 28.1 Å². The summed E-state index contributed by atoms with van der Waals surface area (Å²) < 4.78 is 13.7. The number of anilines is 1. The summed E-state index contributed by atoms with van der Waals surface area (Å²) in [6.07, 6.45) is 0.827. The normalized spacial score (nSPS) is 10.8. The Kier molecular flexibility index (Phi) is 5.21. The molecule has 27 heavy (non-hydrogen) atoms. The topological polar surface area (TPSA) is 74.5 Å². The van der Waals surface area contributed by atoms with Crippen LogP contribution in [0.4, 0.5) is 5.69 Å². The van der Waals surface area contributed by atoms with Crippen LogP contribution in [0.15, 0.2) is 41.2 Å². The molecule has 2 aromatic carbocycles. The number of carbonyl (C=O) groups is 1. The SMILES string of the molecule is COc1ccc(OC)c(CCC(=O)Nc2ccc3c(c2)n(C)c(=O)n3C)c1. The van der Waals surface area contributed by atoms with E-state index in [1.807, 2.05) is 24.3 Å². The second-order valence-electron chi connectivity index (χ2n) is 6.33. The number of hydrogen-bond donors (Lipinski definition) is 1. The van der Waals surface area contributed by atoms with E-state index in [4.69, 9.17) is 9.47 Å². The van der Waals surface area contributed by atoms with Crippen molar-refractivity contribution >= 4 is 22.6 Å². The van der Waals surface area contributed by atoms with Crippen molar-refractivity contribution in [3.05, 3.63) is 52.4 Å². The third kappa shape index (κ3) is 3.67. The van der Waals surface area contributed by atoms with Gasteiger partial charge in [-0.15, -0.1) is 0 Å². The second-order valence-corrected chi connectivity index (χ2v) is 6.33. The molecule has 1 aromatic heterocycles. The van der Waals surface area contributed by atoms with Crippen LogP contribution in [-0.4, -0.2) is 29.3 Å². The maximum Gasteiger partial charge on any atom is 0.328 e. The number of nitrogens with zero attached hydrogens (tertiary/aromatic N) is 2. The van der Waals surface area contributed by atoms with Crippen molar-refractivity contribution in [2.24, 2.45) is 14.1 Å². The molecule has 142 valence electrons. The third-order valence-corrected chi connectivity index (χ3v) is 4.66. The molecule has 0 aliphatic heterocycles. The molecule has 0 radical (unpaired) electrons. The van der Waals surface area contributed by atoms with Crippen molar-refractivity contribution in [2.75, 3.05) is 19.5 Å². The van der Waals surface area contributed by atoms with E-state index in [9.17, 15) is 9.59 Å². The summed E-state index contributed by atoms with van der Waals surface area (Å²) in [5.74, 6) is 1.34. The smallest absolute Gasteiger partial charge is 0.328 e. The number of amides is 1. The number of ether oxygens (including phenoxy) is 2. The Hall–Kier alpha value is -3.22. The summed E-state index contributed by atoms with van der Waals surface area (Å²) in [5, 5.41) is 2.89. The van der Waals surface area contributed by atoms with Crippen LogP contribution in [0.5, 0.6) is 11.5 Å². The highest BCUT2D eigenvalue weighted by Gasteiger charge is 2.11. The fourth-order valence-corrected chi connectivity index (χ4v) is 3.13. The average molecular weight is 369 g/mol. The highest BCUT2D eigenvalue weighted by atomic mass is 16.5. The molecular formula is C20H23N3O4. The highest BCUT2D eigenvalue weighted by molar-refractivity contribution is 5.93. The summed E-state index contributed by atoms with van der Waals surface area (Å²) in [6.45, 7) is 0. The van der Waals surface area contributed by atoms with Gasteiger partial charge in [0.05, 0.1) is 25.3 Å². The third-order valence-electron chi connectivity index (χ3n) is 4.66. The number of methoxy groups -OCH3 is 2. The van der Waals surface area contributed by atoms with Crippen LogP contribution in [0.25, 0.3) is 11.0 Å². The summed E-state index contributed by atoms with van der Waals surface area (Å²) in [7, 11) is 6.64. The first-order chi connectivity index (χ1) is 12.9. The predicted molar refractivity (Wildman–Crippen MR) is 105 cm³/mol. The van der Waals surface area contributed by atoms with Crippen LogP contribution in [-0.2, 0) is 25.3 Å². The Morgan fingerprint density at radius 1 is 1.00 bits per heavy atom. The number of rotatable bonds is 6. The summed E-state index contributed by atoms with van der Waals surface area (Å²) >= 11 is 0. The molecule has 0 aliphatic rings. The van der Waals surface area contributed by atoms with E-state index in [1.165, 1.54) is 0 Å². The first kappa shape index (κ1) is 18.6. The monoisotopic (exact) mass is 369 g/mol. The van der Waals surface area contributed by atoms with Crippen molar-refractivity contribution in [3.8, 4) is 11.5 Å². The summed E-state index contributed by atoms with van der Waals surface area (Å²) in [6, 6.07) is 11.0. The Morgan fingerprint density at radius 2 is 1.74 bits per heavy atom. The highest BCUT2D eigenvalue weighted by Crippen LogP contribution is 2.25. The minimum Gasteiger partial charge on any atom is -0.497 e. The molecule has 1 heterocycles. The molecule has 3 aromatic rings. The molecule has 0 unspecified atom stereocenters. The van der Waals surface area contributed by atoms with Crippen LogP contribution >= 0.6 is 0 Å². The fraction of sp³-hybridized carbons (Fsp3) is 0.300. The van der Waals surface area contributed by atoms with Crippen molar-refractivity contribution in [3.63, 3.8) is 0 Å². The average Bonchev–Trinajstić information content (AvgIpc) is 2.90. The van der Waals surface area contributed by atoms with Gasteiger partial charge in [-0.1, -0.05) is 0 Å². The first-order valence-corrected chi connectivity index (χ1v) is 8.61. The number of aryl methyl sites for hydroxylation is 3. The van der Waals surface area contributed by atoms with Gasteiger partial charge in [0.15, 0.2) is 0 Å². The number of carbonyl (C=O) groups excluding carboxylic acids is 1. The van der Waals surface area contributed by atoms with Gasteiger partial charge in [-0.2, -0.15) is 0 Å². The number of aromatic nitrogens is 2. The minimum absolute atomic E-state index is 0.0985. The van der Waals surface area contributed by atoms with Gasteiger partial charge in [0, 0.05) is 26.2 Å². The maximum atomic E-state index is 12.4. The van der Waals surface area contributed by atoms with E-state index in [2.05, 4.69) is 5.32 Å². The van der Waals surface area contributed by atoms with Crippen molar-refractivity contribution < 1.29 is 14.3 Å². The molecule has 1 amide bonds. The van der Waals surface area contributed by atoms with Gasteiger partial charge < -0.3 is 14.8 Å². The number of nitrogens with one attached hydrogen (secondary N) is 1. The molecule has 0 aliphatic carbocycles. The number of fused-ring (bicyclic) bond motifs is 1. The molecule has 0 bridgehead atoms. The quantitative estimate of drug-likeness (QED) is 0.724. The number of benzene rings is 2. The van der Waals surface area contributed by atoms with Gasteiger partial charge in [0.2, 0.25) is 5.91 Å². The minimum atomic E-state index is -0.111. The van der Waals surface area contributed by atoms with Crippen molar-refractivity contribution in [1.82, 2.24) is 9.13 Å². The van der Waals surface area contributed by atoms with Gasteiger partial charge in [-0.05, 0) is 48.4 Å². The Labute approximate surface area is 157 Å². The predicted octanol–water partition coefficient (Wildman–Crippen LogP) is 2.47. The fourth-order valence-electron chi connectivity index (χ4n) is 3.13. The number of hydrogen-bond acceptors (Lipinski definition) is 4. The van der Waals surface area contributed by atoms with E-state index in [0.29, 0.717) is 18.5 Å². The van der Waals surface area contributed by atoms with Gasteiger partial charge in [-0.25, -0.2) is 4.79 Å². The number of imidazole rings is 1. The van der Waals surface area contributed by atoms with Crippen LogP contribution in [0.2, 0.25) is 0 Å².